The number of aryl methyl sites for hydroxylation is 3. The number of rotatable bonds is 13. The van der Waals surface area contributed by atoms with Crippen molar-refractivity contribution in [2.24, 2.45) is 5.92 Å². The van der Waals surface area contributed by atoms with E-state index in [0.717, 1.165) is 23.8 Å². The van der Waals surface area contributed by atoms with Crippen LogP contribution < -0.4 is 10.9 Å². The van der Waals surface area contributed by atoms with Crippen LogP contribution in [0.15, 0.2) is 41.3 Å². The molecule has 3 aromatic rings. The molecule has 0 saturated heterocycles. The van der Waals surface area contributed by atoms with Gasteiger partial charge in [0.05, 0.1) is 24.6 Å². The van der Waals surface area contributed by atoms with Crippen molar-refractivity contribution in [2.45, 2.75) is 79.1 Å². The summed E-state index contributed by atoms with van der Waals surface area (Å²) in [6, 6.07) is 3.08. The zero-order valence-electron chi connectivity index (χ0n) is 28.6. The van der Waals surface area contributed by atoms with E-state index in [2.05, 4.69) is 5.32 Å². The molecule has 1 amide bonds. The number of likely N-dealkylation sites (N-methyl/N-ethyl adjacent to an activating group) is 1. The maximum absolute atomic E-state index is 16.0. The van der Waals surface area contributed by atoms with Crippen LogP contribution in [-0.4, -0.2) is 48.6 Å². The van der Waals surface area contributed by atoms with Crippen molar-refractivity contribution < 1.29 is 36.3 Å². The van der Waals surface area contributed by atoms with Crippen molar-refractivity contribution >= 4 is 11.9 Å². The SMILES string of the molecule is CCOC(=O)C[C@H](NC(=O)C(CC(C)C)n1cc(CCN(C)C)cc(C)c1=O)c1cc(-c2c(C)cc(F)cc2C)cc(C(F)(F)F)c1F. The molecule has 12 heteroatoms. The van der Waals surface area contributed by atoms with Crippen LogP contribution in [0.2, 0.25) is 0 Å². The van der Waals surface area contributed by atoms with Crippen LogP contribution in [0, 0.1) is 38.3 Å². The monoisotopic (exact) mass is 677 g/mol. The number of hydrogen-bond donors (Lipinski definition) is 1. The van der Waals surface area contributed by atoms with Gasteiger partial charge in [-0.2, -0.15) is 13.2 Å². The Morgan fingerprint density at radius 3 is 2.15 bits per heavy atom. The van der Waals surface area contributed by atoms with Gasteiger partial charge in [0.1, 0.15) is 17.7 Å². The second kappa shape index (κ2) is 15.9. The van der Waals surface area contributed by atoms with Gasteiger partial charge in [-0.15, -0.1) is 0 Å². The number of nitrogens with one attached hydrogen (secondary N) is 1. The molecule has 0 radical (unpaired) electrons. The van der Waals surface area contributed by atoms with Crippen LogP contribution in [0.25, 0.3) is 11.1 Å². The molecule has 2 atom stereocenters. The molecule has 0 saturated carbocycles. The number of benzene rings is 2. The normalized spacial score (nSPS) is 13.1. The number of pyridine rings is 1. The summed E-state index contributed by atoms with van der Waals surface area (Å²) in [5.41, 5.74) is -0.652. The van der Waals surface area contributed by atoms with Gasteiger partial charge in [-0.1, -0.05) is 13.8 Å². The maximum atomic E-state index is 16.0. The van der Waals surface area contributed by atoms with E-state index in [1.165, 1.54) is 25.3 Å². The van der Waals surface area contributed by atoms with Gasteiger partial charge in [0, 0.05) is 23.9 Å². The fraction of sp³-hybridized carbons (Fsp3) is 0.472. The lowest BCUT2D eigenvalue weighted by atomic mass is 9.89. The Labute approximate surface area is 278 Å². The fourth-order valence-corrected chi connectivity index (χ4v) is 5.84. The third-order valence-electron chi connectivity index (χ3n) is 8.02. The van der Waals surface area contributed by atoms with E-state index >= 15 is 4.39 Å². The van der Waals surface area contributed by atoms with Crippen molar-refractivity contribution in [1.82, 2.24) is 14.8 Å². The van der Waals surface area contributed by atoms with E-state index in [4.69, 9.17) is 4.74 Å². The molecule has 3 rings (SSSR count). The van der Waals surface area contributed by atoms with Crippen LogP contribution in [-0.2, 0) is 26.9 Å². The summed E-state index contributed by atoms with van der Waals surface area (Å²) < 4.78 is 79.4. The molecular weight excluding hydrogens is 633 g/mol. The molecule has 2 aromatic carbocycles. The van der Waals surface area contributed by atoms with Gasteiger partial charge in [-0.05, 0) is 119 Å². The Morgan fingerprint density at radius 2 is 1.60 bits per heavy atom. The molecule has 0 aliphatic carbocycles. The highest BCUT2D eigenvalue weighted by Crippen LogP contribution is 2.40. The third kappa shape index (κ3) is 9.52. The van der Waals surface area contributed by atoms with Crippen molar-refractivity contribution in [3.8, 4) is 11.1 Å². The average molecular weight is 678 g/mol. The molecular formula is C36H44F5N3O4. The van der Waals surface area contributed by atoms with Gasteiger partial charge in [0.15, 0.2) is 0 Å². The topological polar surface area (TPSA) is 80.6 Å². The van der Waals surface area contributed by atoms with E-state index < -0.39 is 64.9 Å². The van der Waals surface area contributed by atoms with Gasteiger partial charge >= 0.3 is 12.1 Å². The maximum Gasteiger partial charge on any atom is 0.419 e. The molecule has 1 heterocycles. The third-order valence-corrected chi connectivity index (χ3v) is 8.02. The molecule has 1 N–H and O–H groups in total. The minimum Gasteiger partial charge on any atom is -0.466 e. The smallest absolute Gasteiger partial charge is 0.419 e. The van der Waals surface area contributed by atoms with E-state index in [1.54, 1.807) is 19.2 Å². The van der Waals surface area contributed by atoms with Crippen molar-refractivity contribution in [2.75, 3.05) is 27.2 Å². The minimum atomic E-state index is -5.15. The average Bonchev–Trinajstić information content (AvgIpc) is 2.95. The summed E-state index contributed by atoms with van der Waals surface area (Å²) in [5, 5.41) is 2.60. The number of esters is 1. The molecule has 0 bridgehead atoms. The standard InChI is InChI=1S/C36H44F5N3O4/c1-9-48-31(45)18-29(27-16-25(17-28(33(27)38)36(39,40)41)32-21(4)14-26(37)15-22(32)5)42-34(46)30(12-20(2)3)44-19-24(10-11-43(7)8)13-23(6)35(44)47/h13-17,19-20,29-30H,9-12,18H2,1-8H3,(H,42,46)/t29-,30?/m0/s1. The summed E-state index contributed by atoms with van der Waals surface area (Å²) in [7, 11) is 3.80. The number of carbonyl (C=O) groups excluding carboxylic acids is 2. The van der Waals surface area contributed by atoms with Crippen LogP contribution in [0.1, 0.15) is 79.1 Å². The van der Waals surface area contributed by atoms with Crippen molar-refractivity contribution in [3.05, 3.63) is 91.9 Å². The Balaban J connectivity index is 2.24. The first-order chi connectivity index (χ1) is 22.3. The van der Waals surface area contributed by atoms with Crippen LogP contribution in [0.5, 0.6) is 0 Å². The van der Waals surface area contributed by atoms with Gasteiger partial charge in [0.25, 0.3) is 5.56 Å². The minimum absolute atomic E-state index is 0.0613. The van der Waals surface area contributed by atoms with Crippen LogP contribution >= 0.6 is 0 Å². The second-order valence-electron chi connectivity index (χ2n) is 12.9. The number of aromatic nitrogens is 1. The molecule has 1 unspecified atom stereocenters. The summed E-state index contributed by atoms with van der Waals surface area (Å²) >= 11 is 0. The molecule has 1 aromatic heterocycles. The first-order valence-corrected chi connectivity index (χ1v) is 15.8. The van der Waals surface area contributed by atoms with Gasteiger partial charge in [0.2, 0.25) is 5.91 Å². The van der Waals surface area contributed by atoms with Crippen molar-refractivity contribution in [3.63, 3.8) is 0 Å². The highest BCUT2D eigenvalue weighted by Gasteiger charge is 2.38. The molecule has 0 aliphatic rings. The predicted octanol–water partition coefficient (Wildman–Crippen LogP) is 7.24. The Kier molecular flexibility index (Phi) is 12.7. The second-order valence-corrected chi connectivity index (χ2v) is 12.9. The highest BCUT2D eigenvalue weighted by molar-refractivity contribution is 5.82. The van der Waals surface area contributed by atoms with E-state index in [-0.39, 0.29) is 30.1 Å². The van der Waals surface area contributed by atoms with Gasteiger partial charge in [-0.25, -0.2) is 8.78 Å². The fourth-order valence-electron chi connectivity index (χ4n) is 5.84. The summed E-state index contributed by atoms with van der Waals surface area (Å²) in [6.07, 6.45) is -3.50. The highest BCUT2D eigenvalue weighted by atomic mass is 19.4. The number of halogens is 5. The number of hydrogen-bond acceptors (Lipinski definition) is 5. The largest absolute Gasteiger partial charge is 0.466 e. The van der Waals surface area contributed by atoms with E-state index in [1.807, 2.05) is 32.8 Å². The summed E-state index contributed by atoms with van der Waals surface area (Å²) in [5.74, 6) is -4.03. The van der Waals surface area contributed by atoms with Crippen molar-refractivity contribution in [1.29, 1.82) is 0 Å². The predicted molar refractivity (Wildman–Crippen MR) is 175 cm³/mol. The molecule has 0 aliphatic heterocycles. The zero-order chi connectivity index (χ0) is 36.1. The molecule has 48 heavy (non-hydrogen) atoms. The number of alkyl halides is 3. The number of amides is 1. The number of ether oxygens (including phenoxy) is 1. The first-order valence-electron chi connectivity index (χ1n) is 15.8. The lowest BCUT2D eigenvalue weighted by Gasteiger charge is -2.27. The lowest BCUT2D eigenvalue weighted by Crippen LogP contribution is -2.41. The summed E-state index contributed by atoms with van der Waals surface area (Å²) in [4.78, 5) is 42.2. The van der Waals surface area contributed by atoms with E-state index in [0.29, 0.717) is 35.7 Å². The quantitative estimate of drug-likeness (QED) is 0.153. The first kappa shape index (κ1) is 38.4. The van der Waals surface area contributed by atoms with Crippen LogP contribution in [0.3, 0.4) is 0 Å². The molecule has 262 valence electrons. The van der Waals surface area contributed by atoms with Gasteiger partial charge < -0.3 is 19.5 Å². The molecule has 0 fully saturated rings. The van der Waals surface area contributed by atoms with Gasteiger partial charge in [-0.3, -0.25) is 14.4 Å². The Bertz CT molecular complexity index is 1680. The Morgan fingerprint density at radius 1 is 0.979 bits per heavy atom. The van der Waals surface area contributed by atoms with E-state index in [9.17, 15) is 31.9 Å². The summed E-state index contributed by atoms with van der Waals surface area (Å²) in [6.45, 7) is 10.5. The van der Waals surface area contributed by atoms with Crippen LogP contribution in [0.4, 0.5) is 22.0 Å². The molecule has 0 spiro atoms. The zero-order valence-corrected chi connectivity index (χ0v) is 28.6. The Hall–Kier alpha value is -4.06. The lowest BCUT2D eigenvalue weighted by molar-refractivity contribution is -0.144. The number of carbonyl (C=O) groups is 2. The molecule has 7 nitrogen and oxygen atoms in total. The number of nitrogens with zero attached hydrogens (tertiary/aromatic N) is 2.